The summed E-state index contributed by atoms with van der Waals surface area (Å²) >= 11 is 0. The van der Waals surface area contributed by atoms with Crippen LogP contribution in [-0.4, -0.2) is 24.9 Å². The van der Waals surface area contributed by atoms with Gasteiger partial charge in [-0.1, -0.05) is 43.9 Å². The van der Waals surface area contributed by atoms with Gasteiger partial charge in [-0.3, -0.25) is 0 Å². The molecule has 0 bridgehead atoms. The van der Waals surface area contributed by atoms with E-state index < -0.39 is 15.4 Å². The SMILES string of the molecule is CCCCCC(C)(O)CCS(=O)(=O)c1ccc(C)cc1. The molecule has 0 fully saturated rings. The van der Waals surface area contributed by atoms with Crippen LogP contribution >= 0.6 is 0 Å². The van der Waals surface area contributed by atoms with Crippen molar-refractivity contribution < 1.29 is 13.5 Å². The Hall–Kier alpha value is -0.870. The fourth-order valence-corrected chi connectivity index (χ4v) is 3.59. The summed E-state index contributed by atoms with van der Waals surface area (Å²) in [5.74, 6) is -0.00478. The first kappa shape index (κ1) is 17.2. The molecule has 3 nitrogen and oxygen atoms in total. The van der Waals surface area contributed by atoms with Crippen molar-refractivity contribution in [2.45, 2.75) is 63.4 Å². The van der Waals surface area contributed by atoms with E-state index in [0.717, 1.165) is 24.8 Å². The van der Waals surface area contributed by atoms with Crippen molar-refractivity contribution in [3.8, 4) is 0 Å². The van der Waals surface area contributed by atoms with Gasteiger partial charge in [-0.15, -0.1) is 0 Å². The fraction of sp³-hybridized carbons (Fsp3) is 0.625. The Bertz CT molecular complexity index is 501. The zero-order valence-electron chi connectivity index (χ0n) is 12.7. The van der Waals surface area contributed by atoms with Gasteiger partial charge in [0.05, 0.1) is 16.2 Å². The molecule has 0 aliphatic carbocycles. The van der Waals surface area contributed by atoms with Crippen LogP contribution in [0.5, 0.6) is 0 Å². The molecule has 1 rings (SSSR count). The van der Waals surface area contributed by atoms with Gasteiger partial charge < -0.3 is 5.11 Å². The Kier molecular flexibility index (Phi) is 6.21. The number of benzene rings is 1. The van der Waals surface area contributed by atoms with Gasteiger partial charge in [-0.05, 0) is 38.8 Å². The summed E-state index contributed by atoms with van der Waals surface area (Å²) in [7, 11) is -3.30. The molecular weight excluding hydrogens is 272 g/mol. The van der Waals surface area contributed by atoms with Crippen LogP contribution in [0.25, 0.3) is 0 Å². The van der Waals surface area contributed by atoms with Gasteiger partial charge in [0.2, 0.25) is 0 Å². The normalized spacial score (nSPS) is 15.0. The molecule has 1 unspecified atom stereocenters. The predicted octanol–water partition coefficient (Wildman–Crippen LogP) is 3.49. The van der Waals surface area contributed by atoms with Crippen molar-refractivity contribution >= 4 is 9.84 Å². The Morgan fingerprint density at radius 3 is 2.25 bits per heavy atom. The monoisotopic (exact) mass is 298 g/mol. The van der Waals surface area contributed by atoms with Crippen molar-refractivity contribution in [2.24, 2.45) is 0 Å². The topological polar surface area (TPSA) is 54.4 Å². The zero-order chi connectivity index (χ0) is 15.2. The van der Waals surface area contributed by atoms with Gasteiger partial charge in [-0.2, -0.15) is 0 Å². The van der Waals surface area contributed by atoms with Gasteiger partial charge in [0.1, 0.15) is 0 Å². The molecule has 0 heterocycles. The Morgan fingerprint density at radius 1 is 1.10 bits per heavy atom. The molecule has 0 saturated carbocycles. The van der Waals surface area contributed by atoms with E-state index >= 15 is 0 Å². The van der Waals surface area contributed by atoms with E-state index in [1.54, 1.807) is 31.2 Å². The van der Waals surface area contributed by atoms with E-state index in [4.69, 9.17) is 0 Å². The Morgan fingerprint density at radius 2 is 1.70 bits per heavy atom. The lowest BCUT2D eigenvalue weighted by Crippen LogP contribution is -2.27. The van der Waals surface area contributed by atoms with E-state index in [9.17, 15) is 13.5 Å². The maximum Gasteiger partial charge on any atom is 0.178 e. The van der Waals surface area contributed by atoms with Crippen molar-refractivity contribution in [1.29, 1.82) is 0 Å². The van der Waals surface area contributed by atoms with Crippen LogP contribution in [0.15, 0.2) is 29.2 Å². The highest BCUT2D eigenvalue weighted by atomic mass is 32.2. The van der Waals surface area contributed by atoms with E-state index in [1.165, 1.54) is 0 Å². The summed E-state index contributed by atoms with van der Waals surface area (Å²) in [6.07, 6.45) is 4.05. The largest absolute Gasteiger partial charge is 0.390 e. The second-order valence-electron chi connectivity index (χ2n) is 5.84. The third-order valence-electron chi connectivity index (χ3n) is 3.61. The molecule has 1 atom stereocenters. The average molecular weight is 298 g/mol. The van der Waals surface area contributed by atoms with Crippen molar-refractivity contribution in [1.82, 2.24) is 0 Å². The highest BCUT2D eigenvalue weighted by Gasteiger charge is 2.24. The van der Waals surface area contributed by atoms with Crippen molar-refractivity contribution in [2.75, 3.05) is 5.75 Å². The van der Waals surface area contributed by atoms with Crippen molar-refractivity contribution in [3.05, 3.63) is 29.8 Å². The van der Waals surface area contributed by atoms with Gasteiger partial charge in [0.25, 0.3) is 0 Å². The summed E-state index contributed by atoms with van der Waals surface area (Å²) in [4.78, 5) is 0.340. The van der Waals surface area contributed by atoms with E-state index in [2.05, 4.69) is 6.92 Å². The van der Waals surface area contributed by atoms with E-state index in [1.807, 2.05) is 6.92 Å². The average Bonchev–Trinajstić information content (AvgIpc) is 2.37. The molecule has 0 aliphatic heterocycles. The highest BCUT2D eigenvalue weighted by Crippen LogP contribution is 2.22. The number of aliphatic hydroxyl groups is 1. The zero-order valence-corrected chi connectivity index (χ0v) is 13.5. The number of hydrogen-bond donors (Lipinski definition) is 1. The Labute approximate surface area is 123 Å². The van der Waals surface area contributed by atoms with Crippen LogP contribution in [0.3, 0.4) is 0 Å². The highest BCUT2D eigenvalue weighted by molar-refractivity contribution is 7.91. The second kappa shape index (κ2) is 7.23. The molecule has 0 aliphatic rings. The third-order valence-corrected chi connectivity index (χ3v) is 5.34. The van der Waals surface area contributed by atoms with Crippen LogP contribution in [0.4, 0.5) is 0 Å². The first-order valence-electron chi connectivity index (χ1n) is 7.29. The molecule has 0 amide bonds. The van der Waals surface area contributed by atoms with Gasteiger partial charge >= 0.3 is 0 Å². The van der Waals surface area contributed by atoms with Crippen LogP contribution in [0.2, 0.25) is 0 Å². The molecule has 114 valence electrons. The molecule has 1 aromatic rings. The molecule has 0 aromatic heterocycles. The molecule has 1 aromatic carbocycles. The molecule has 4 heteroatoms. The van der Waals surface area contributed by atoms with Crippen LogP contribution in [0, 0.1) is 6.92 Å². The van der Waals surface area contributed by atoms with E-state index in [-0.39, 0.29) is 12.2 Å². The van der Waals surface area contributed by atoms with Crippen LogP contribution < -0.4 is 0 Å². The summed E-state index contributed by atoms with van der Waals surface area (Å²) in [5.41, 5.74) is 0.142. The minimum Gasteiger partial charge on any atom is -0.390 e. The van der Waals surface area contributed by atoms with Crippen molar-refractivity contribution in [3.63, 3.8) is 0 Å². The molecule has 0 radical (unpaired) electrons. The number of unbranched alkanes of at least 4 members (excludes halogenated alkanes) is 2. The quantitative estimate of drug-likeness (QED) is 0.747. The number of hydrogen-bond acceptors (Lipinski definition) is 3. The minimum atomic E-state index is -3.30. The second-order valence-corrected chi connectivity index (χ2v) is 7.95. The van der Waals surface area contributed by atoms with Crippen LogP contribution in [0.1, 0.15) is 51.5 Å². The van der Waals surface area contributed by atoms with Crippen LogP contribution in [-0.2, 0) is 9.84 Å². The Balaban J connectivity index is 2.61. The van der Waals surface area contributed by atoms with Gasteiger partial charge in [-0.25, -0.2) is 8.42 Å². The smallest absolute Gasteiger partial charge is 0.178 e. The molecule has 20 heavy (non-hydrogen) atoms. The standard InChI is InChI=1S/C16H26O3S/c1-4-5-6-11-16(3,17)12-13-20(18,19)15-9-7-14(2)8-10-15/h7-10,17H,4-6,11-13H2,1-3H3. The number of rotatable bonds is 8. The maximum absolute atomic E-state index is 12.2. The molecule has 0 saturated heterocycles. The summed E-state index contributed by atoms with van der Waals surface area (Å²) in [6.45, 7) is 5.76. The maximum atomic E-state index is 12.2. The lowest BCUT2D eigenvalue weighted by atomic mass is 9.96. The molecule has 0 spiro atoms. The molecule has 1 N–H and O–H groups in total. The number of aryl methyl sites for hydroxylation is 1. The first-order valence-corrected chi connectivity index (χ1v) is 8.94. The molecular formula is C16H26O3S. The number of sulfone groups is 1. The summed E-state index contributed by atoms with van der Waals surface area (Å²) < 4.78 is 24.4. The fourth-order valence-electron chi connectivity index (χ4n) is 2.10. The lowest BCUT2D eigenvalue weighted by molar-refractivity contribution is 0.0451. The third kappa shape index (κ3) is 5.63. The van der Waals surface area contributed by atoms with E-state index in [0.29, 0.717) is 11.3 Å². The van der Waals surface area contributed by atoms with Gasteiger partial charge in [0.15, 0.2) is 9.84 Å². The summed E-state index contributed by atoms with van der Waals surface area (Å²) in [5, 5.41) is 10.2. The first-order chi connectivity index (χ1) is 9.27. The predicted molar refractivity (Wildman–Crippen MR) is 82.6 cm³/mol. The lowest BCUT2D eigenvalue weighted by Gasteiger charge is -2.23. The summed E-state index contributed by atoms with van der Waals surface area (Å²) in [6, 6.07) is 6.87. The minimum absolute atomic E-state index is 0.00478. The van der Waals surface area contributed by atoms with Gasteiger partial charge in [0, 0.05) is 0 Å².